The Balaban J connectivity index is 1.86. The topological polar surface area (TPSA) is 106 Å². The van der Waals surface area contributed by atoms with E-state index in [0.29, 0.717) is 22.6 Å². The van der Waals surface area contributed by atoms with Crippen LogP contribution in [0.1, 0.15) is 45.7 Å². The molecule has 2 aromatic rings. The van der Waals surface area contributed by atoms with E-state index >= 15 is 0 Å². The highest BCUT2D eigenvalue weighted by molar-refractivity contribution is 6.33. The van der Waals surface area contributed by atoms with Crippen LogP contribution in [0.15, 0.2) is 12.5 Å². The minimum Gasteiger partial charge on any atom is -0.464 e. The van der Waals surface area contributed by atoms with E-state index in [1.807, 2.05) is 27.0 Å². The molecule has 0 aromatic carbocycles. The van der Waals surface area contributed by atoms with E-state index in [1.54, 1.807) is 0 Å². The van der Waals surface area contributed by atoms with E-state index in [9.17, 15) is 9.59 Å². The molecular formula is C18H23ClN4O4. The summed E-state index contributed by atoms with van der Waals surface area (Å²) in [6.45, 7) is 6.90. The molecule has 3 rings (SSSR count). The van der Waals surface area contributed by atoms with Crippen LogP contribution in [0.3, 0.4) is 0 Å². The number of aromatic nitrogens is 3. The zero-order chi connectivity index (χ0) is 19.8. The molecule has 3 heterocycles. The van der Waals surface area contributed by atoms with Gasteiger partial charge in [-0.3, -0.25) is 9.59 Å². The zero-order valence-corrected chi connectivity index (χ0v) is 16.5. The van der Waals surface area contributed by atoms with Crippen LogP contribution in [0, 0.1) is 5.92 Å². The summed E-state index contributed by atoms with van der Waals surface area (Å²) in [4.78, 5) is 35.3. The summed E-state index contributed by atoms with van der Waals surface area (Å²) in [6, 6.07) is -0.515. The molecule has 2 N–H and O–H groups in total. The first-order valence-electron chi connectivity index (χ1n) is 8.75. The van der Waals surface area contributed by atoms with Gasteiger partial charge in [-0.25, -0.2) is 9.97 Å². The minimum atomic E-state index is -0.595. The van der Waals surface area contributed by atoms with Gasteiger partial charge in [0.05, 0.1) is 17.5 Å². The molecule has 146 valence electrons. The molecule has 1 unspecified atom stereocenters. The third-order valence-corrected chi connectivity index (χ3v) is 4.67. The van der Waals surface area contributed by atoms with Crippen LogP contribution < -0.4 is 5.32 Å². The van der Waals surface area contributed by atoms with Crippen LogP contribution >= 0.6 is 11.6 Å². The highest BCUT2D eigenvalue weighted by Gasteiger charge is 2.42. The first kappa shape index (κ1) is 19.6. The van der Waals surface area contributed by atoms with Gasteiger partial charge in [0, 0.05) is 24.7 Å². The Morgan fingerprint density at radius 2 is 2.07 bits per heavy atom. The summed E-state index contributed by atoms with van der Waals surface area (Å²) in [5.41, 5.74) is 1.63. The lowest BCUT2D eigenvalue weighted by atomic mass is 9.97. The van der Waals surface area contributed by atoms with Crippen molar-refractivity contribution in [2.24, 2.45) is 5.92 Å². The number of esters is 2. The molecule has 1 aliphatic rings. The standard InChI is InChI=1S/C18H23ClN4O4/c1-9(24)26-7-13-10(17(25)27-18(2,3)4)5-12(23-13)11-6-20-15-14(11)21-8-22-16(15)19/h6,8,10,12-13,20,23H,5,7H2,1-4H3/t10?,12-,13-/m0/s1. The number of carbonyl (C=O) groups excluding carboxylic acids is 2. The summed E-state index contributed by atoms with van der Waals surface area (Å²) in [6.07, 6.45) is 3.71. The Morgan fingerprint density at radius 1 is 1.33 bits per heavy atom. The number of aromatic amines is 1. The van der Waals surface area contributed by atoms with Gasteiger partial charge in [0.1, 0.15) is 24.1 Å². The normalized spacial score (nSPS) is 22.8. The molecule has 1 saturated heterocycles. The molecule has 0 bridgehead atoms. The summed E-state index contributed by atoms with van der Waals surface area (Å²) < 4.78 is 10.7. The highest BCUT2D eigenvalue weighted by Crippen LogP contribution is 2.36. The van der Waals surface area contributed by atoms with Crippen molar-refractivity contribution in [3.8, 4) is 0 Å². The first-order valence-corrected chi connectivity index (χ1v) is 9.13. The number of halogens is 1. The van der Waals surface area contributed by atoms with Crippen molar-refractivity contribution in [2.45, 2.75) is 51.8 Å². The predicted octanol–water partition coefficient (Wildman–Crippen LogP) is 2.54. The van der Waals surface area contributed by atoms with Gasteiger partial charge in [-0.15, -0.1) is 0 Å². The Morgan fingerprint density at radius 3 is 2.74 bits per heavy atom. The average molecular weight is 395 g/mol. The number of nitrogens with one attached hydrogen (secondary N) is 2. The van der Waals surface area contributed by atoms with Gasteiger partial charge in [-0.2, -0.15) is 0 Å². The summed E-state index contributed by atoms with van der Waals surface area (Å²) >= 11 is 6.11. The predicted molar refractivity (Wildman–Crippen MR) is 99.1 cm³/mol. The Bertz CT molecular complexity index is 861. The largest absolute Gasteiger partial charge is 0.464 e. The van der Waals surface area contributed by atoms with Crippen LogP contribution in [0.25, 0.3) is 11.0 Å². The highest BCUT2D eigenvalue weighted by atomic mass is 35.5. The van der Waals surface area contributed by atoms with Gasteiger partial charge < -0.3 is 19.8 Å². The molecule has 0 saturated carbocycles. The molecule has 2 aromatic heterocycles. The number of nitrogens with zero attached hydrogens (tertiary/aromatic N) is 2. The van der Waals surface area contributed by atoms with Crippen LogP contribution in [0.2, 0.25) is 5.15 Å². The van der Waals surface area contributed by atoms with Gasteiger partial charge in [-0.1, -0.05) is 11.6 Å². The smallest absolute Gasteiger partial charge is 0.311 e. The SMILES string of the molecule is CC(=O)OC[C@@H]1N[C@H](c2c[nH]c3c(Cl)ncnc23)CC1C(=O)OC(C)(C)C. The van der Waals surface area contributed by atoms with E-state index in [1.165, 1.54) is 13.3 Å². The lowest BCUT2D eigenvalue weighted by Crippen LogP contribution is -2.39. The van der Waals surface area contributed by atoms with Crippen molar-refractivity contribution >= 4 is 34.6 Å². The van der Waals surface area contributed by atoms with Crippen molar-refractivity contribution in [1.82, 2.24) is 20.3 Å². The lowest BCUT2D eigenvalue weighted by Gasteiger charge is -2.24. The van der Waals surface area contributed by atoms with Crippen LogP contribution in [0.4, 0.5) is 0 Å². The molecule has 3 atom stereocenters. The molecule has 9 heteroatoms. The fourth-order valence-electron chi connectivity index (χ4n) is 3.28. The second-order valence-electron chi connectivity index (χ2n) is 7.64. The molecule has 0 radical (unpaired) electrons. The van der Waals surface area contributed by atoms with Gasteiger partial charge >= 0.3 is 11.9 Å². The Kier molecular flexibility index (Phi) is 5.39. The monoisotopic (exact) mass is 394 g/mol. The third kappa shape index (κ3) is 4.39. The van der Waals surface area contributed by atoms with E-state index in [0.717, 1.165) is 5.56 Å². The number of rotatable bonds is 4. The fraction of sp³-hybridized carbons (Fsp3) is 0.556. The number of H-pyrrole nitrogens is 1. The van der Waals surface area contributed by atoms with Crippen LogP contribution in [-0.2, 0) is 19.1 Å². The van der Waals surface area contributed by atoms with E-state index in [2.05, 4.69) is 20.3 Å². The molecule has 0 spiro atoms. The number of carbonyl (C=O) groups is 2. The number of hydrogen-bond donors (Lipinski definition) is 2. The summed E-state index contributed by atoms with van der Waals surface area (Å²) in [5, 5.41) is 3.71. The van der Waals surface area contributed by atoms with E-state index in [4.69, 9.17) is 21.1 Å². The molecule has 0 amide bonds. The van der Waals surface area contributed by atoms with E-state index in [-0.39, 0.29) is 24.7 Å². The number of ether oxygens (including phenoxy) is 2. The maximum Gasteiger partial charge on any atom is 0.311 e. The average Bonchev–Trinajstić information content (AvgIpc) is 3.15. The molecule has 0 aliphatic carbocycles. The Labute approximate surface area is 162 Å². The van der Waals surface area contributed by atoms with Gasteiger partial charge in [0.25, 0.3) is 0 Å². The van der Waals surface area contributed by atoms with Crippen molar-refractivity contribution in [2.75, 3.05) is 6.61 Å². The number of fused-ring (bicyclic) bond motifs is 1. The van der Waals surface area contributed by atoms with Gasteiger partial charge in [0.15, 0.2) is 5.15 Å². The maximum atomic E-state index is 12.7. The second-order valence-corrected chi connectivity index (χ2v) is 7.99. The molecule has 1 fully saturated rings. The van der Waals surface area contributed by atoms with Crippen molar-refractivity contribution < 1.29 is 19.1 Å². The molecular weight excluding hydrogens is 372 g/mol. The minimum absolute atomic E-state index is 0.0911. The quantitative estimate of drug-likeness (QED) is 0.606. The first-order chi connectivity index (χ1) is 12.7. The lowest BCUT2D eigenvalue weighted by molar-refractivity contribution is -0.161. The van der Waals surface area contributed by atoms with Crippen LogP contribution in [0.5, 0.6) is 0 Å². The fourth-order valence-corrected chi connectivity index (χ4v) is 3.47. The van der Waals surface area contributed by atoms with Crippen molar-refractivity contribution in [3.05, 3.63) is 23.2 Å². The summed E-state index contributed by atoms with van der Waals surface area (Å²) in [7, 11) is 0. The molecule has 8 nitrogen and oxygen atoms in total. The third-order valence-electron chi connectivity index (χ3n) is 4.39. The van der Waals surface area contributed by atoms with Gasteiger partial charge in [-0.05, 0) is 27.2 Å². The second kappa shape index (κ2) is 7.44. The van der Waals surface area contributed by atoms with Gasteiger partial charge in [0.2, 0.25) is 0 Å². The maximum absolute atomic E-state index is 12.7. The summed E-state index contributed by atoms with van der Waals surface area (Å²) in [5.74, 6) is -1.16. The zero-order valence-electron chi connectivity index (χ0n) is 15.7. The van der Waals surface area contributed by atoms with Crippen LogP contribution in [-0.4, -0.2) is 45.1 Å². The Hall–Kier alpha value is -2.19. The van der Waals surface area contributed by atoms with Crippen molar-refractivity contribution in [1.29, 1.82) is 0 Å². The van der Waals surface area contributed by atoms with Crippen molar-refractivity contribution in [3.63, 3.8) is 0 Å². The van der Waals surface area contributed by atoms with E-state index < -0.39 is 17.5 Å². The number of hydrogen-bond acceptors (Lipinski definition) is 7. The molecule has 1 aliphatic heterocycles. The molecule has 27 heavy (non-hydrogen) atoms.